The maximum absolute atomic E-state index is 7.12. The van der Waals surface area contributed by atoms with E-state index in [1.165, 1.54) is 0 Å². The minimum Gasteiger partial charge on any atom is -0.870 e. The number of rotatable bonds is 0. The summed E-state index contributed by atoms with van der Waals surface area (Å²) in [6.07, 6.45) is 0. The van der Waals surface area contributed by atoms with E-state index in [1.54, 1.807) is 0 Å². The van der Waals surface area contributed by atoms with Crippen LogP contribution in [0.1, 0.15) is 0 Å². The Balaban J connectivity index is -0.0000000200. The molecule has 0 bridgehead atoms. The Morgan fingerprint density at radius 3 is 1.20 bits per heavy atom. The van der Waals surface area contributed by atoms with Gasteiger partial charge in [-0.15, -0.1) is 0 Å². The van der Waals surface area contributed by atoms with E-state index >= 15 is 0 Å². The van der Waals surface area contributed by atoms with Crippen LogP contribution in [0.25, 0.3) is 0 Å². The molecule has 0 aliphatic heterocycles. The largest absolute Gasteiger partial charge is 1.00 e. The standard InChI is InChI=1S/BH3O2.K.H2O/c2-1-3;;/h1-3H;;1H2/q;+1;/p-1. The summed E-state index contributed by atoms with van der Waals surface area (Å²) in [5.41, 5.74) is 0. The van der Waals surface area contributed by atoms with Crippen LogP contribution in [0.2, 0.25) is 0 Å². The third-order valence-corrected chi connectivity index (χ3v) is 0. The second-order valence-corrected chi connectivity index (χ2v) is 0.141. The first-order valence-corrected chi connectivity index (χ1v) is 0.632. The molecule has 0 rings (SSSR count). The first kappa shape index (κ1) is 16.0. The van der Waals surface area contributed by atoms with Crippen LogP contribution >= 0.6 is 0 Å². The molecule has 0 aliphatic rings. The van der Waals surface area contributed by atoms with Gasteiger partial charge in [0, 0.05) is 0 Å². The Hall–Kier alpha value is 1.58. The average Bonchev–Trinajstić information content (AvgIpc) is 0.918. The molecule has 5 heteroatoms. The quantitative estimate of drug-likeness (QED) is 0.301. The third-order valence-electron chi connectivity index (χ3n) is 0. The van der Waals surface area contributed by atoms with Crippen molar-refractivity contribution in [2.45, 2.75) is 0 Å². The van der Waals surface area contributed by atoms with E-state index in [0.29, 0.717) is 0 Å². The molecule has 0 aromatic rings. The maximum Gasteiger partial charge on any atom is 1.00 e. The molecular formula is H4BKO3. The predicted molar refractivity (Wildman–Crippen MR) is 13.5 cm³/mol. The number of hydrogen-bond donors (Lipinski definition) is 2. The normalized spacial score (nSPS) is 2.80. The monoisotopic (exact) mass is 102 g/mol. The van der Waals surface area contributed by atoms with Gasteiger partial charge in [-0.2, -0.15) is 0 Å². The molecule has 0 radical (unpaired) electrons. The van der Waals surface area contributed by atoms with Crippen LogP contribution < -0.4 is 51.4 Å². The van der Waals surface area contributed by atoms with Gasteiger partial charge in [0.05, 0.1) is 0 Å². The first-order chi connectivity index (χ1) is 1.41. The second-order valence-electron chi connectivity index (χ2n) is 0.141. The summed E-state index contributed by atoms with van der Waals surface area (Å²) in [6.45, 7) is 0. The second kappa shape index (κ2) is 17.6. The Morgan fingerprint density at radius 2 is 1.20 bits per heavy atom. The third kappa shape index (κ3) is 28.6. The fourth-order valence-corrected chi connectivity index (χ4v) is 0. The van der Waals surface area contributed by atoms with E-state index in [0.717, 1.165) is 0 Å². The fraction of sp³-hybridized carbons (Fsp3) is 0. The zero-order chi connectivity index (χ0) is 2.71. The van der Waals surface area contributed by atoms with Crippen LogP contribution in [0.4, 0.5) is 0 Å². The van der Waals surface area contributed by atoms with Crippen molar-refractivity contribution >= 4 is 7.69 Å². The van der Waals surface area contributed by atoms with Crippen molar-refractivity contribution in [1.82, 2.24) is 0 Å². The molecule has 5 heavy (non-hydrogen) atoms. The van der Waals surface area contributed by atoms with Crippen LogP contribution in [0.5, 0.6) is 0 Å². The van der Waals surface area contributed by atoms with Crippen LogP contribution in [-0.4, -0.2) is 23.2 Å². The van der Waals surface area contributed by atoms with Gasteiger partial charge in [-0.05, 0) is 0 Å². The van der Waals surface area contributed by atoms with Crippen molar-refractivity contribution in [1.29, 1.82) is 0 Å². The summed E-state index contributed by atoms with van der Waals surface area (Å²) in [6, 6.07) is 0. The van der Waals surface area contributed by atoms with Crippen molar-refractivity contribution in [3.8, 4) is 0 Å². The molecule has 0 aromatic carbocycles. The van der Waals surface area contributed by atoms with Crippen LogP contribution in [0.15, 0.2) is 0 Å². The molecule has 0 spiro atoms. The summed E-state index contributed by atoms with van der Waals surface area (Å²) in [7, 11) is -0.750. The molecule has 0 aromatic heterocycles. The molecule has 0 amide bonds. The predicted octanol–water partition coefficient (Wildman–Crippen LogP) is -4.94. The van der Waals surface area contributed by atoms with Crippen molar-refractivity contribution < 1.29 is 66.9 Å². The number of hydrogen-bond acceptors (Lipinski definition) is 3. The van der Waals surface area contributed by atoms with E-state index in [9.17, 15) is 0 Å². The van der Waals surface area contributed by atoms with Crippen molar-refractivity contribution in [3.63, 3.8) is 0 Å². The molecule has 26 valence electrons. The van der Waals surface area contributed by atoms with Crippen molar-refractivity contribution in [3.05, 3.63) is 0 Å². The molecule has 0 unspecified atom stereocenters. The van der Waals surface area contributed by atoms with Crippen LogP contribution in [-0.2, 0) is 0 Å². The Bertz CT molecular complexity index is 6.85. The summed E-state index contributed by atoms with van der Waals surface area (Å²) in [4.78, 5) is 0. The first-order valence-electron chi connectivity index (χ1n) is 0.632. The molecule has 0 aliphatic carbocycles. The van der Waals surface area contributed by atoms with E-state index in [2.05, 4.69) is 0 Å². The smallest absolute Gasteiger partial charge is 0.870 e. The van der Waals surface area contributed by atoms with Gasteiger partial charge >= 0.3 is 59.1 Å². The molecule has 3 nitrogen and oxygen atoms in total. The Labute approximate surface area is 73.4 Å². The average molecular weight is 102 g/mol. The summed E-state index contributed by atoms with van der Waals surface area (Å²) < 4.78 is 0. The zero-order valence-corrected chi connectivity index (χ0v) is 6.17. The van der Waals surface area contributed by atoms with Gasteiger partial charge < -0.3 is 15.5 Å². The van der Waals surface area contributed by atoms with Gasteiger partial charge in [0.2, 0.25) is 0 Å². The topological polar surface area (TPSA) is 70.5 Å². The van der Waals surface area contributed by atoms with Crippen molar-refractivity contribution in [2.24, 2.45) is 0 Å². The molecule has 0 atom stereocenters. The molecule has 0 fully saturated rings. The van der Waals surface area contributed by atoms with Crippen LogP contribution in [0.3, 0.4) is 0 Å². The summed E-state index contributed by atoms with van der Waals surface area (Å²) in [5, 5.41) is 14.2. The van der Waals surface area contributed by atoms with E-state index < -0.39 is 7.69 Å². The molecule has 0 heterocycles. The SMILES string of the molecule is OBO.[K+].[OH-]. The minimum absolute atomic E-state index is 0. The molecule has 0 saturated carbocycles. The maximum atomic E-state index is 7.12. The van der Waals surface area contributed by atoms with E-state index in [1.807, 2.05) is 0 Å². The van der Waals surface area contributed by atoms with Gasteiger partial charge in [-0.1, -0.05) is 0 Å². The van der Waals surface area contributed by atoms with Crippen molar-refractivity contribution in [2.75, 3.05) is 0 Å². The van der Waals surface area contributed by atoms with Gasteiger partial charge in [-0.3, -0.25) is 0 Å². The van der Waals surface area contributed by atoms with E-state index in [4.69, 9.17) is 10.0 Å². The summed E-state index contributed by atoms with van der Waals surface area (Å²) in [5.74, 6) is 0. The minimum atomic E-state index is -0.750. The molecule has 0 saturated heterocycles. The zero-order valence-electron chi connectivity index (χ0n) is 3.05. The van der Waals surface area contributed by atoms with Gasteiger partial charge in [0.1, 0.15) is 0 Å². The Morgan fingerprint density at radius 1 is 1.20 bits per heavy atom. The molecule has 3 N–H and O–H groups in total. The summed E-state index contributed by atoms with van der Waals surface area (Å²) >= 11 is 0. The van der Waals surface area contributed by atoms with E-state index in [-0.39, 0.29) is 56.9 Å². The van der Waals surface area contributed by atoms with Gasteiger partial charge in [-0.25, -0.2) is 0 Å². The fourth-order valence-electron chi connectivity index (χ4n) is 0. The molecular weight excluding hydrogens is 97.9 g/mol. The Kier molecular flexibility index (Phi) is 56.2. The van der Waals surface area contributed by atoms with Gasteiger partial charge in [0.15, 0.2) is 0 Å². The van der Waals surface area contributed by atoms with Crippen LogP contribution in [0, 0.1) is 0 Å². The van der Waals surface area contributed by atoms with Gasteiger partial charge in [0.25, 0.3) is 0 Å².